The van der Waals surface area contributed by atoms with Gasteiger partial charge in [0.1, 0.15) is 18.4 Å². The number of rotatable bonds is 15. The largest absolute Gasteiger partial charge is 0.322 e. The Balaban J connectivity index is 3.37. The Kier molecular flexibility index (Phi) is 13.8. The Morgan fingerprint density at radius 3 is 1.78 bits per heavy atom. The smallest absolute Gasteiger partial charge is 0.230 e. The standard InChI is InChI=1S/C26H28N10/c1-7-13-14-20(8-2)33-34-21(9-3)15-16-22(10-4)35-36-24(12-6)25(17-23(11-5)32-27)31-26-29-18-28-19-30-26/h7-19,27H,2-6H2,1H3,(H,28,29,30,31)/b13-7-,20-14+,21-15+,22-16+,23-17+,25-24-,32-27?,34-33?,36-35?. The fraction of sp³-hybridized carbons (Fsp3) is 0.0385. The number of allylic oxidation sites excluding steroid dienone is 11. The summed E-state index contributed by atoms with van der Waals surface area (Å²) in [5.41, 5.74) is 9.79. The number of hydrogen-bond acceptors (Lipinski definition) is 10. The lowest BCUT2D eigenvalue weighted by atomic mass is 10.2. The summed E-state index contributed by atoms with van der Waals surface area (Å²) in [6.07, 6.45) is 20.6. The topological polar surface area (TPSA) is 136 Å². The van der Waals surface area contributed by atoms with E-state index in [1.165, 1.54) is 37.0 Å². The quantitative estimate of drug-likeness (QED) is 0.199. The molecule has 0 aliphatic carbocycles. The number of nitrogens with one attached hydrogen (secondary N) is 2. The molecule has 1 heterocycles. The summed E-state index contributed by atoms with van der Waals surface area (Å²) in [6.45, 7) is 20.6. The maximum absolute atomic E-state index is 7.30. The third-order valence-electron chi connectivity index (χ3n) is 3.91. The van der Waals surface area contributed by atoms with E-state index in [0.29, 0.717) is 28.5 Å². The summed E-state index contributed by atoms with van der Waals surface area (Å²) >= 11 is 0. The van der Waals surface area contributed by atoms with Crippen molar-refractivity contribution < 1.29 is 0 Å². The molecule has 0 saturated heterocycles. The molecule has 0 atom stereocenters. The molecule has 1 aromatic rings. The Labute approximate surface area is 211 Å². The summed E-state index contributed by atoms with van der Waals surface area (Å²) in [6, 6.07) is 0. The first-order chi connectivity index (χ1) is 17.5. The van der Waals surface area contributed by atoms with E-state index in [2.05, 4.69) is 78.7 Å². The molecule has 0 spiro atoms. The number of aromatic nitrogens is 3. The second-order valence-electron chi connectivity index (χ2n) is 6.29. The summed E-state index contributed by atoms with van der Waals surface area (Å²) in [5, 5.41) is 23.1. The van der Waals surface area contributed by atoms with E-state index in [4.69, 9.17) is 5.53 Å². The molecule has 0 aromatic carbocycles. The summed E-state index contributed by atoms with van der Waals surface area (Å²) in [7, 11) is 0. The zero-order valence-electron chi connectivity index (χ0n) is 20.1. The van der Waals surface area contributed by atoms with Crippen molar-refractivity contribution in [3.8, 4) is 0 Å². The SMILES string of the molecule is C=C/C(N=N/C(C=C)=C/C=C(\C=C)N=N/C(C=C)=C/C=C\C)=C(\C=C(/C=C)N=N)Nc1ncncn1. The minimum Gasteiger partial charge on any atom is -0.322 e. The molecule has 0 saturated carbocycles. The highest BCUT2D eigenvalue weighted by molar-refractivity contribution is 5.46. The van der Waals surface area contributed by atoms with Crippen molar-refractivity contribution in [3.63, 3.8) is 0 Å². The second kappa shape index (κ2) is 17.3. The fourth-order valence-corrected chi connectivity index (χ4v) is 2.11. The molecule has 0 unspecified atom stereocenters. The van der Waals surface area contributed by atoms with Crippen LogP contribution < -0.4 is 5.32 Å². The average Bonchev–Trinajstić information content (AvgIpc) is 2.92. The highest BCUT2D eigenvalue weighted by Gasteiger charge is 2.06. The van der Waals surface area contributed by atoms with Crippen molar-refractivity contribution in [1.29, 1.82) is 5.53 Å². The van der Waals surface area contributed by atoms with Gasteiger partial charge in [0.15, 0.2) is 0 Å². The van der Waals surface area contributed by atoms with Crippen LogP contribution in [-0.2, 0) is 0 Å². The van der Waals surface area contributed by atoms with Crippen LogP contribution in [0.4, 0.5) is 5.95 Å². The first-order valence-electron chi connectivity index (χ1n) is 10.5. The van der Waals surface area contributed by atoms with Gasteiger partial charge in [0.05, 0.1) is 28.5 Å². The van der Waals surface area contributed by atoms with Gasteiger partial charge in [-0.1, -0.05) is 45.0 Å². The lowest BCUT2D eigenvalue weighted by Gasteiger charge is -2.07. The van der Waals surface area contributed by atoms with E-state index in [1.807, 2.05) is 19.1 Å². The molecule has 0 aliphatic heterocycles. The Morgan fingerprint density at radius 1 is 0.778 bits per heavy atom. The zero-order chi connectivity index (χ0) is 26.6. The van der Waals surface area contributed by atoms with Gasteiger partial charge >= 0.3 is 0 Å². The Bertz CT molecular complexity index is 1200. The second-order valence-corrected chi connectivity index (χ2v) is 6.29. The maximum atomic E-state index is 7.30. The molecule has 0 aliphatic rings. The van der Waals surface area contributed by atoms with Crippen LogP contribution in [0.1, 0.15) is 6.92 Å². The van der Waals surface area contributed by atoms with Crippen LogP contribution >= 0.6 is 0 Å². The molecule has 1 aromatic heterocycles. The molecular weight excluding hydrogens is 452 g/mol. The first kappa shape index (κ1) is 28.8. The fourth-order valence-electron chi connectivity index (χ4n) is 2.11. The van der Waals surface area contributed by atoms with Gasteiger partial charge in [0, 0.05) is 0 Å². The molecule has 182 valence electrons. The molecule has 10 heteroatoms. The lowest BCUT2D eigenvalue weighted by Crippen LogP contribution is -2.04. The first-order valence-corrected chi connectivity index (χ1v) is 10.5. The van der Waals surface area contributed by atoms with Crippen molar-refractivity contribution in [3.05, 3.63) is 147 Å². The minimum absolute atomic E-state index is 0.255. The highest BCUT2D eigenvalue weighted by Crippen LogP contribution is 2.17. The number of azo groups is 2. The lowest BCUT2D eigenvalue weighted by molar-refractivity contribution is 1.03. The molecule has 2 N–H and O–H groups in total. The monoisotopic (exact) mass is 480 g/mol. The maximum Gasteiger partial charge on any atom is 0.230 e. The van der Waals surface area contributed by atoms with Gasteiger partial charge in [-0.3, -0.25) is 0 Å². The zero-order valence-corrected chi connectivity index (χ0v) is 20.1. The molecule has 0 radical (unpaired) electrons. The molecule has 0 bridgehead atoms. The minimum atomic E-state index is 0.255. The predicted octanol–water partition coefficient (Wildman–Crippen LogP) is 7.47. The van der Waals surface area contributed by atoms with Gasteiger partial charge in [0.2, 0.25) is 5.95 Å². The molecule has 10 nitrogen and oxygen atoms in total. The van der Waals surface area contributed by atoms with Crippen molar-refractivity contribution >= 4 is 5.95 Å². The van der Waals surface area contributed by atoms with E-state index < -0.39 is 0 Å². The van der Waals surface area contributed by atoms with Crippen LogP contribution in [0.2, 0.25) is 0 Å². The van der Waals surface area contributed by atoms with Crippen molar-refractivity contribution in [2.45, 2.75) is 6.92 Å². The van der Waals surface area contributed by atoms with Gasteiger partial charge in [-0.15, -0.1) is 5.11 Å². The summed E-state index contributed by atoms with van der Waals surface area (Å²) in [5.74, 6) is 0.255. The number of nitrogens with zero attached hydrogens (tertiary/aromatic N) is 8. The third-order valence-corrected chi connectivity index (χ3v) is 3.91. The Morgan fingerprint density at radius 2 is 1.31 bits per heavy atom. The van der Waals surface area contributed by atoms with E-state index in [9.17, 15) is 0 Å². The molecule has 0 fully saturated rings. The van der Waals surface area contributed by atoms with Gasteiger partial charge in [-0.2, -0.15) is 20.5 Å². The van der Waals surface area contributed by atoms with Crippen molar-refractivity contribution in [2.24, 2.45) is 25.6 Å². The highest BCUT2D eigenvalue weighted by atomic mass is 15.2. The van der Waals surface area contributed by atoms with E-state index in [0.717, 1.165) is 0 Å². The molecule has 36 heavy (non-hydrogen) atoms. The van der Waals surface area contributed by atoms with Gasteiger partial charge in [-0.25, -0.2) is 20.5 Å². The van der Waals surface area contributed by atoms with Crippen LogP contribution in [0.5, 0.6) is 0 Å². The Hall–Kier alpha value is -5.25. The average molecular weight is 481 g/mol. The van der Waals surface area contributed by atoms with E-state index >= 15 is 0 Å². The molecular formula is C26H28N10. The van der Waals surface area contributed by atoms with Gasteiger partial charge < -0.3 is 5.32 Å². The van der Waals surface area contributed by atoms with Crippen LogP contribution in [-0.4, -0.2) is 15.0 Å². The van der Waals surface area contributed by atoms with Crippen LogP contribution in [0.15, 0.2) is 172 Å². The molecule has 0 amide bonds. The number of anilines is 1. The van der Waals surface area contributed by atoms with Crippen molar-refractivity contribution in [2.75, 3.05) is 5.32 Å². The predicted molar refractivity (Wildman–Crippen MR) is 143 cm³/mol. The summed E-state index contributed by atoms with van der Waals surface area (Å²) in [4.78, 5) is 11.9. The number of hydrogen-bond donors (Lipinski definition) is 2. The van der Waals surface area contributed by atoms with E-state index in [1.54, 1.807) is 30.4 Å². The third kappa shape index (κ3) is 10.6. The van der Waals surface area contributed by atoms with Crippen LogP contribution in [0.3, 0.4) is 0 Å². The van der Waals surface area contributed by atoms with E-state index in [-0.39, 0.29) is 11.6 Å². The van der Waals surface area contributed by atoms with Crippen molar-refractivity contribution in [1.82, 2.24) is 15.0 Å². The summed E-state index contributed by atoms with van der Waals surface area (Å²) < 4.78 is 0. The molecule has 1 rings (SSSR count). The van der Waals surface area contributed by atoms with Crippen LogP contribution in [0.25, 0.3) is 0 Å². The normalized spacial score (nSPS) is 14.0. The van der Waals surface area contributed by atoms with Gasteiger partial charge in [0.25, 0.3) is 0 Å². The van der Waals surface area contributed by atoms with Gasteiger partial charge in [-0.05, 0) is 61.6 Å². The van der Waals surface area contributed by atoms with Crippen LogP contribution in [0, 0.1) is 5.53 Å².